The van der Waals surface area contributed by atoms with E-state index in [1.54, 1.807) is 42.6 Å². The first kappa shape index (κ1) is 18.5. The molecule has 0 fully saturated rings. The molecule has 7 nitrogen and oxygen atoms in total. The van der Waals surface area contributed by atoms with E-state index in [2.05, 4.69) is 26.1 Å². The van der Waals surface area contributed by atoms with E-state index in [9.17, 15) is 4.79 Å². The minimum Gasteiger partial charge on any atom is -0.376 e. The molecule has 0 bridgehead atoms. The number of rotatable bonds is 5. The third-order valence-corrected chi connectivity index (χ3v) is 3.89. The molecule has 0 radical (unpaired) electrons. The molecular weight excluding hydrogens is 364 g/mol. The van der Waals surface area contributed by atoms with Crippen LogP contribution >= 0.6 is 11.6 Å². The average molecular weight is 383 g/mol. The van der Waals surface area contributed by atoms with E-state index in [4.69, 9.17) is 11.6 Å². The standard InChI is InChI=1S/C19H19ClN6O/c1-26(2)17-11-18(25-21-12-17)22-14-6-8-15(9-7-14)23-19(27)24-16-5-3-4-13(20)10-16/h3-12H,1-2H3,(H,22,25)(H2,23,24,27). The number of hydrogen-bond acceptors (Lipinski definition) is 5. The molecule has 0 aliphatic heterocycles. The molecule has 138 valence electrons. The fourth-order valence-electron chi connectivity index (χ4n) is 2.31. The van der Waals surface area contributed by atoms with Crippen LogP contribution < -0.4 is 20.9 Å². The van der Waals surface area contributed by atoms with Crippen molar-refractivity contribution >= 4 is 46.2 Å². The Bertz CT molecular complexity index is 929. The van der Waals surface area contributed by atoms with Gasteiger partial charge in [0.15, 0.2) is 5.82 Å². The van der Waals surface area contributed by atoms with E-state index in [0.29, 0.717) is 22.2 Å². The van der Waals surface area contributed by atoms with Crippen LogP contribution in [0.2, 0.25) is 5.02 Å². The number of aromatic nitrogens is 2. The highest BCUT2D eigenvalue weighted by Gasteiger charge is 2.05. The topological polar surface area (TPSA) is 82.2 Å². The van der Waals surface area contributed by atoms with Crippen LogP contribution in [0.1, 0.15) is 0 Å². The molecule has 3 rings (SSSR count). The van der Waals surface area contributed by atoms with E-state index in [0.717, 1.165) is 11.4 Å². The maximum Gasteiger partial charge on any atom is 0.323 e. The molecule has 0 aliphatic carbocycles. The Labute approximate surface area is 162 Å². The number of nitrogens with zero attached hydrogens (tertiary/aromatic N) is 3. The number of nitrogens with one attached hydrogen (secondary N) is 3. The lowest BCUT2D eigenvalue weighted by Crippen LogP contribution is -2.19. The summed E-state index contributed by atoms with van der Waals surface area (Å²) in [5.41, 5.74) is 3.07. The smallest absolute Gasteiger partial charge is 0.323 e. The van der Waals surface area contributed by atoms with Gasteiger partial charge in [-0.3, -0.25) is 0 Å². The summed E-state index contributed by atoms with van der Waals surface area (Å²) < 4.78 is 0. The lowest BCUT2D eigenvalue weighted by molar-refractivity contribution is 0.262. The SMILES string of the molecule is CN(C)c1cnnc(Nc2ccc(NC(=O)Nc3cccc(Cl)c3)cc2)c1. The fourth-order valence-corrected chi connectivity index (χ4v) is 2.50. The summed E-state index contributed by atoms with van der Waals surface area (Å²) in [6.45, 7) is 0. The quantitative estimate of drug-likeness (QED) is 0.601. The van der Waals surface area contributed by atoms with Gasteiger partial charge in [0.05, 0.1) is 11.9 Å². The van der Waals surface area contributed by atoms with Gasteiger partial charge in [0.2, 0.25) is 0 Å². The van der Waals surface area contributed by atoms with Gasteiger partial charge in [-0.25, -0.2) is 4.79 Å². The molecule has 3 aromatic rings. The number of anilines is 5. The maximum absolute atomic E-state index is 12.1. The second-order valence-electron chi connectivity index (χ2n) is 5.99. The van der Waals surface area contributed by atoms with E-state index in [1.807, 2.05) is 37.2 Å². The third-order valence-electron chi connectivity index (χ3n) is 3.65. The molecule has 2 aromatic carbocycles. The number of carbonyl (C=O) groups is 1. The van der Waals surface area contributed by atoms with Crippen molar-refractivity contribution in [3.05, 3.63) is 65.8 Å². The molecule has 0 atom stereocenters. The highest BCUT2D eigenvalue weighted by Crippen LogP contribution is 2.20. The predicted octanol–water partition coefficient (Wildman–Crippen LogP) is 4.58. The van der Waals surface area contributed by atoms with E-state index in [-0.39, 0.29) is 6.03 Å². The normalized spacial score (nSPS) is 10.2. The molecule has 0 saturated carbocycles. The maximum atomic E-state index is 12.1. The number of urea groups is 1. The average Bonchev–Trinajstić information content (AvgIpc) is 2.63. The van der Waals surface area contributed by atoms with Gasteiger partial charge in [-0.2, -0.15) is 5.10 Å². The first-order chi connectivity index (χ1) is 13.0. The summed E-state index contributed by atoms with van der Waals surface area (Å²) in [6.07, 6.45) is 1.69. The Hall–Kier alpha value is -3.32. The molecule has 8 heteroatoms. The molecular formula is C19H19ClN6O. The molecule has 0 saturated heterocycles. The molecule has 1 aromatic heterocycles. The molecule has 0 spiro atoms. The van der Waals surface area contributed by atoms with Crippen LogP contribution in [-0.4, -0.2) is 30.3 Å². The third kappa shape index (κ3) is 5.32. The monoisotopic (exact) mass is 382 g/mol. The van der Waals surface area contributed by atoms with Crippen LogP contribution in [0.4, 0.5) is 33.4 Å². The van der Waals surface area contributed by atoms with Crippen molar-refractivity contribution in [1.29, 1.82) is 0 Å². The Morgan fingerprint density at radius 1 is 0.963 bits per heavy atom. The lowest BCUT2D eigenvalue weighted by Gasteiger charge is -2.13. The number of amides is 2. The number of carbonyl (C=O) groups excluding carboxylic acids is 1. The van der Waals surface area contributed by atoms with Crippen molar-refractivity contribution in [2.24, 2.45) is 0 Å². The highest BCUT2D eigenvalue weighted by molar-refractivity contribution is 6.30. The van der Waals surface area contributed by atoms with E-state index in [1.165, 1.54) is 0 Å². The van der Waals surface area contributed by atoms with Gasteiger partial charge < -0.3 is 20.9 Å². The van der Waals surface area contributed by atoms with E-state index < -0.39 is 0 Å². The Morgan fingerprint density at radius 3 is 2.37 bits per heavy atom. The van der Waals surface area contributed by atoms with Crippen LogP contribution in [0.15, 0.2) is 60.8 Å². The summed E-state index contributed by atoms with van der Waals surface area (Å²) in [5, 5.41) is 17.3. The van der Waals surface area contributed by atoms with Gasteiger partial charge >= 0.3 is 6.03 Å². The minimum atomic E-state index is -0.345. The summed E-state index contributed by atoms with van der Waals surface area (Å²) >= 11 is 5.91. The predicted molar refractivity (Wildman–Crippen MR) is 110 cm³/mol. The molecule has 0 aliphatic rings. The molecule has 27 heavy (non-hydrogen) atoms. The first-order valence-electron chi connectivity index (χ1n) is 8.20. The van der Waals surface area contributed by atoms with Crippen molar-refractivity contribution < 1.29 is 4.79 Å². The lowest BCUT2D eigenvalue weighted by atomic mass is 10.2. The zero-order valence-electron chi connectivity index (χ0n) is 14.9. The van der Waals surface area contributed by atoms with Crippen molar-refractivity contribution in [2.75, 3.05) is 34.9 Å². The van der Waals surface area contributed by atoms with Gasteiger partial charge in [0.25, 0.3) is 0 Å². The van der Waals surface area contributed by atoms with E-state index >= 15 is 0 Å². The zero-order chi connectivity index (χ0) is 19.2. The first-order valence-corrected chi connectivity index (χ1v) is 8.58. The fraction of sp³-hybridized carbons (Fsp3) is 0.105. The van der Waals surface area contributed by atoms with Gasteiger partial charge in [-0.1, -0.05) is 17.7 Å². The van der Waals surface area contributed by atoms with Gasteiger partial charge in [-0.05, 0) is 42.5 Å². The zero-order valence-corrected chi connectivity index (χ0v) is 15.7. The largest absolute Gasteiger partial charge is 0.376 e. The Morgan fingerprint density at radius 2 is 1.67 bits per heavy atom. The van der Waals surface area contributed by atoms with Crippen molar-refractivity contribution in [2.45, 2.75) is 0 Å². The number of benzene rings is 2. The highest BCUT2D eigenvalue weighted by atomic mass is 35.5. The summed E-state index contributed by atoms with van der Waals surface area (Å²) in [5.74, 6) is 0.639. The number of hydrogen-bond donors (Lipinski definition) is 3. The van der Waals surface area contributed by atoms with Gasteiger partial charge in [0, 0.05) is 42.2 Å². The van der Waals surface area contributed by atoms with Crippen molar-refractivity contribution in [3.8, 4) is 0 Å². The molecule has 3 N–H and O–H groups in total. The minimum absolute atomic E-state index is 0.345. The summed E-state index contributed by atoms with van der Waals surface area (Å²) in [6, 6.07) is 15.8. The van der Waals surface area contributed by atoms with Crippen LogP contribution in [0.25, 0.3) is 0 Å². The van der Waals surface area contributed by atoms with Crippen LogP contribution in [0.5, 0.6) is 0 Å². The molecule has 1 heterocycles. The van der Waals surface area contributed by atoms with Crippen molar-refractivity contribution in [3.63, 3.8) is 0 Å². The Kier molecular flexibility index (Phi) is 5.73. The second kappa shape index (κ2) is 8.37. The van der Waals surface area contributed by atoms with Crippen LogP contribution in [0, 0.1) is 0 Å². The summed E-state index contributed by atoms with van der Waals surface area (Å²) in [7, 11) is 3.88. The Balaban J connectivity index is 1.60. The van der Waals surface area contributed by atoms with Crippen LogP contribution in [0.3, 0.4) is 0 Å². The number of halogens is 1. The van der Waals surface area contributed by atoms with Gasteiger partial charge in [0.1, 0.15) is 0 Å². The summed E-state index contributed by atoms with van der Waals surface area (Å²) in [4.78, 5) is 14.0. The molecule has 0 unspecified atom stereocenters. The second-order valence-corrected chi connectivity index (χ2v) is 6.42. The van der Waals surface area contributed by atoms with Crippen LogP contribution in [-0.2, 0) is 0 Å². The van der Waals surface area contributed by atoms with Gasteiger partial charge in [-0.15, -0.1) is 5.10 Å². The van der Waals surface area contributed by atoms with Crippen molar-refractivity contribution in [1.82, 2.24) is 10.2 Å². The molecule has 2 amide bonds.